The van der Waals surface area contributed by atoms with Crippen LogP contribution in [0.3, 0.4) is 0 Å². The van der Waals surface area contributed by atoms with Crippen LogP contribution in [0.2, 0.25) is 0 Å². The van der Waals surface area contributed by atoms with E-state index in [1.807, 2.05) is 0 Å². The molecule has 12 heavy (non-hydrogen) atoms. The van der Waals surface area contributed by atoms with E-state index in [-0.39, 0.29) is 10.8 Å². The van der Waals surface area contributed by atoms with E-state index in [1.54, 1.807) is 0 Å². The molecular formula is C12H16. The number of allylic oxidation sites excluding steroid dienone is 3. The molecule has 0 saturated heterocycles. The minimum Gasteiger partial charge on any atom is -0.0989 e. The highest BCUT2D eigenvalue weighted by Gasteiger charge is 2.55. The minimum absolute atomic E-state index is 0.172. The lowest BCUT2D eigenvalue weighted by atomic mass is 9.75. The molecule has 0 aliphatic heterocycles. The monoisotopic (exact) mass is 160 g/mol. The summed E-state index contributed by atoms with van der Waals surface area (Å²) in [5.41, 5.74) is 4.29. The Labute approximate surface area is 74.7 Å². The second-order valence-corrected chi connectivity index (χ2v) is 4.81. The van der Waals surface area contributed by atoms with Crippen LogP contribution in [0.5, 0.6) is 0 Å². The summed E-state index contributed by atoms with van der Waals surface area (Å²) in [7, 11) is 0. The van der Waals surface area contributed by atoms with Gasteiger partial charge < -0.3 is 0 Å². The van der Waals surface area contributed by atoms with Crippen molar-refractivity contribution in [1.29, 1.82) is 0 Å². The zero-order chi connectivity index (χ0) is 9.15. The van der Waals surface area contributed by atoms with Gasteiger partial charge in [0.1, 0.15) is 0 Å². The normalized spacial score (nSPS) is 46.0. The molecule has 2 fully saturated rings. The fraction of sp³-hybridized carbons (Fsp3) is 0.500. The van der Waals surface area contributed by atoms with Crippen molar-refractivity contribution in [3.63, 3.8) is 0 Å². The second kappa shape index (κ2) is 1.76. The third kappa shape index (κ3) is 0.600. The maximum atomic E-state index is 4.14. The number of hydrogen-bond acceptors (Lipinski definition) is 0. The molecule has 2 aliphatic carbocycles. The highest BCUT2D eigenvalue weighted by atomic mass is 14.6. The predicted octanol–water partition coefficient (Wildman–Crippen LogP) is 3.48. The highest BCUT2D eigenvalue weighted by Crippen LogP contribution is 2.67. The molecule has 0 radical (unpaired) electrons. The molecule has 64 valence electrons. The summed E-state index contributed by atoms with van der Waals surface area (Å²) in [5, 5.41) is 0. The Morgan fingerprint density at radius 1 is 1.08 bits per heavy atom. The molecule has 0 nitrogen and oxygen atoms in total. The number of rotatable bonds is 0. The van der Waals surface area contributed by atoms with Gasteiger partial charge in [0.05, 0.1) is 0 Å². The van der Waals surface area contributed by atoms with Gasteiger partial charge in [-0.15, -0.1) is 0 Å². The fourth-order valence-electron chi connectivity index (χ4n) is 2.86. The zero-order valence-corrected chi connectivity index (χ0v) is 8.04. The summed E-state index contributed by atoms with van der Waals surface area (Å²) >= 11 is 0. The van der Waals surface area contributed by atoms with E-state index in [0.29, 0.717) is 0 Å². The lowest BCUT2D eigenvalue weighted by molar-refractivity contribution is 0.422. The zero-order valence-electron chi connectivity index (χ0n) is 8.04. The Kier molecular flexibility index (Phi) is 1.15. The predicted molar refractivity (Wildman–Crippen MR) is 52.9 cm³/mol. The van der Waals surface area contributed by atoms with Crippen molar-refractivity contribution >= 4 is 0 Å². The van der Waals surface area contributed by atoms with Gasteiger partial charge in [-0.1, -0.05) is 39.2 Å². The van der Waals surface area contributed by atoms with Crippen LogP contribution in [0.4, 0.5) is 0 Å². The topological polar surface area (TPSA) is 0 Å². The molecule has 0 aromatic rings. The summed E-state index contributed by atoms with van der Waals surface area (Å²) < 4.78 is 0. The highest BCUT2D eigenvalue weighted by molar-refractivity contribution is 5.53. The van der Waals surface area contributed by atoms with Gasteiger partial charge in [-0.05, 0) is 29.4 Å². The summed E-state index contributed by atoms with van der Waals surface area (Å²) in [6, 6.07) is 0. The van der Waals surface area contributed by atoms with Crippen LogP contribution < -0.4 is 0 Å². The van der Waals surface area contributed by atoms with E-state index in [0.717, 1.165) is 6.42 Å². The molecule has 2 bridgehead atoms. The van der Waals surface area contributed by atoms with Crippen LogP contribution in [0.15, 0.2) is 36.5 Å². The molecule has 0 aromatic heterocycles. The van der Waals surface area contributed by atoms with E-state index in [1.165, 1.54) is 23.1 Å². The standard InChI is InChI=1S/C12H16/c1-8-6-11(4)7-12(8,5)10(3)9(11)2/h1-3,6-7H2,4-5H3. The molecule has 2 unspecified atom stereocenters. The molecule has 0 heteroatoms. The summed E-state index contributed by atoms with van der Waals surface area (Å²) in [4.78, 5) is 0. The molecule has 0 N–H and O–H groups in total. The quantitative estimate of drug-likeness (QED) is 0.476. The van der Waals surface area contributed by atoms with Crippen molar-refractivity contribution in [2.75, 3.05) is 0 Å². The Hall–Kier alpha value is -0.780. The third-order valence-corrected chi connectivity index (χ3v) is 3.89. The van der Waals surface area contributed by atoms with Gasteiger partial charge in [0.25, 0.3) is 0 Å². The number of hydrogen-bond donors (Lipinski definition) is 0. The van der Waals surface area contributed by atoms with Crippen molar-refractivity contribution in [3.05, 3.63) is 36.5 Å². The van der Waals surface area contributed by atoms with Gasteiger partial charge in [0.2, 0.25) is 0 Å². The Morgan fingerprint density at radius 3 is 2.00 bits per heavy atom. The van der Waals surface area contributed by atoms with Crippen molar-refractivity contribution in [2.24, 2.45) is 10.8 Å². The summed E-state index contributed by atoms with van der Waals surface area (Å²) in [5.74, 6) is 0. The van der Waals surface area contributed by atoms with E-state index < -0.39 is 0 Å². The SMILES string of the molecule is C=C1C(=C)C2(C)CC1(C)CC2=C. The van der Waals surface area contributed by atoms with Crippen LogP contribution in [-0.4, -0.2) is 0 Å². The van der Waals surface area contributed by atoms with Gasteiger partial charge in [0.15, 0.2) is 0 Å². The smallest absolute Gasteiger partial charge is 0.0136 e. The molecule has 2 saturated carbocycles. The molecule has 0 amide bonds. The van der Waals surface area contributed by atoms with Crippen LogP contribution in [-0.2, 0) is 0 Å². The number of fused-ring (bicyclic) bond motifs is 2. The van der Waals surface area contributed by atoms with Crippen LogP contribution in [0.1, 0.15) is 26.7 Å². The van der Waals surface area contributed by atoms with Crippen molar-refractivity contribution < 1.29 is 0 Å². The molecule has 0 heterocycles. The Balaban J connectivity index is 2.59. The molecular weight excluding hydrogens is 144 g/mol. The molecule has 2 atom stereocenters. The average molecular weight is 160 g/mol. The maximum absolute atomic E-state index is 4.14. The van der Waals surface area contributed by atoms with Crippen LogP contribution >= 0.6 is 0 Å². The minimum atomic E-state index is 0.172. The first-order valence-electron chi connectivity index (χ1n) is 4.47. The molecule has 2 rings (SSSR count). The first-order valence-corrected chi connectivity index (χ1v) is 4.47. The van der Waals surface area contributed by atoms with Crippen LogP contribution in [0.25, 0.3) is 0 Å². The van der Waals surface area contributed by atoms with Crippen molar-refractivity contribution in [1.82, 2.24) is 0 Å². The fourth-order valence-corrected chi connectivity index (χ4v) is 2.86. The van der Waals surface area contributed by atoms with E-state index >= 15 is 0 Å². The van der Waals surface area contributed by atoms with Crippen molar-refractivity contribution in [3.8, 4) is 0 Å². The summed E-state index contributed by atoms with van der Waals surface area (Å²) in [6.45, 7) is 16.9. The lowest BCUT2D eigenvalue weighted by Crippen LogP contribution is -2.17. The van der Waals surface area contributed by atoms with Gasteiger partial charge in [0, 0.05) is 5.41 Å². The van der Waals surface area contributed by atoms with Gasteiger partial charge >= 0.3 is 0 Å². The largest absolute Gasteiger partial charge is 0.0989 e. The van der Waals surface area contributed by atoms with Gasteiger partial charge in [-0.25, -0.2) is 0 Å². The van der Waals surface area contributed by atoms with Crippen LogP contribution in [0, 0.1) is 10.8 Å². The molecule has 0 spiro atoms. The van der Waals surface area contributed by atoms with Crippen molar-refractivity contribution in [2.45, 2.75) is 26.7 Å². The maximum Gasteiger partial charge on any atom is 0.0136 e. The van der Waals surface area contributed by atoms with E-state index in [2.05, 4.69) is 33.6 Å². The first kappa shape index (κ1) is 7.85. The van der Waals surface area contributed by atoms with Gasteiger partial charge in [-0.2, -0.15) is 0 Å². The van der Waals surface area contributed by atoms with E-state index in [9.17, 15) is 0 Å². The molecule has 0 aromatic carbocycles. The molecule has 2 aliphatic rings. The first-order chi connectivity index (χ1) is 5.40. The van der Waals surface area contributed by atoms with E-state index in [4.69, 9.17) is 0 Å². The second-order valence-electron chi connectivity index (χ2n) is 4.81. The summed E-state index contributed by atoms with van der Waals surface area (Å²) in [6.07, 6.45) is 2.29. The Bertz CT molecular complexity index is 308. The van der Waals surface area contributed by atoms with Gasteiger partial charge in [-0.3, -0.25) is 0 Å². The Morgan fingerprint density at radius 2 is 1.67 bits per heavy atom. The third-order valence-electron chi connectivity index (χ3n) is 3.89. The lowest BCUT2D eigenvalue weighted by Gasteiger charge is -2.30. The average Bonchev–Trinajstić information content (AvgIpc) is 2.29.